The zero-order valence-corrected chi connectivity index (χ0v) is 17.0. The summed E-state index contributed by atoms with van der Waals surface area (Å²) < 4.78 is 6.27. The summed E-state index contributed by atoms with van der Waals surface area (Å²) in [5, 5.41) is 4.31. The lowest BCUT2D eigenvalue weighted by Gasteiger charge is -2.12. The van der Waals surface area contributed by atoms with Gasteiger partial charge in [-0.3, -0.25) is 9.97 Å². The lowest BCUT2D eigenvalue weighted by atomic mass is 10.2. The quantitative estimate of drug-likeness (QED) is 0.399. The fourth-order valence-electron chi connectivity index (χ4n) is 2.59. The number of hydrogen-bond donors (Lipinski definition) is 1. The average Bonchev–Trinajstić information content (AvgIpc) is 3.13. The fraction of sp³-hybridized carbons (Fsp3) is 0.0476. The molecule has 0 aliphatic rings. The molecule has 0 aliphatic heterocycles. The minimum Gasteiger partial charge on any atom is -0.495 e. The highest BCUT2D eigenvalue weighted by molar-refractivity contribution is 7.20. The molecule has 0 saturated heterocycles. The van der Waals surface area contributed by atoms with E-state index in [1.54, 1.807) is 49.2 Å². The molecule has 4 aromatic rings. The standard InChI is InChI=1S/C21H13Cl2N3OS/c1-27-20-12-18(15(22)11-16(20)23)26-17-6-9-25-19-10-14(28-21(17)19)3-2-13-4-7-24-8-5-13/h4-12H,1H3,(H,25,26). The average molecular weight is 426 g/mol. The number of hydrogen-bond acceptors (Lipinski definition) is 5. The number of aromatic nitrogens is 2. The Bertz CT molecular complexity index is 1210. The Balaban J connectivity index is 1.70. The summed E-state index contributed by atoms with van der Waals surface area (Å²) in [4.78, 5) is 9.37. The van der Waals surface area contributed by atoms with Crippen molar-refractivity contribution in [1.29, 1.82) is 0 Å². The number of anilines is 2. The molecular formula is C21H13Cl2N3OS. The molecule has 0 aliphatic carbocycles. The molecule has 0 radical (unpaired) electrons. The van der Waals surface area contributed by atoms with E-state index in [-0.39, 0.29) is 0 Å². The van der Waals surface area contributed by atoms with Crippen LogP contribution < -0.4 is 10.1 Å². The molecule has 1 N–H and O–H groups in total. The van der Waals surface area contributed by atoms with Gasteiger partial charge in [0, 0.05) is 30.2 Å². The van der Waals surface area contributed by atoms with E-state index in [0.29, 0.717) is 21.5 Å². The number of pyridine rings is 2. The highest BCUT2D eigenvalue weighted by atomic mass is 35.5. The van der Waals surface area contributed by atoms with Crippen LogP contribution in [-0.4, -0.2) is 17.1 Å². The van der Waals surface area contributed by atoms with Crippen molar-refractivity contribution >= 4 is 56.1 Å². The van der Waals surface area contributed by atoms with E-state index in [2.05, 4.69) is 27.1 Å². The number of rotatable bonds is 3. The van der Waals surface area contributed by atoms with E-state index in [4.69, 9.17) is 27.9 Å². The smallest absolute Gasteiger partial charge is 0.139 e. The number of halogens is 2. The number of nitrogens with one attached hydrogen (secondary N) is 1. The number of methoxy groups -OCH3 is 1. The second-order valence-electron chi connectivity index (χ2n) is 5.76. The molecular weight excluding hydrogens is 413 g/mol. The van der Waals surface area contributed by atoms with E-state index >= 15 is 0 Å². The second-order valence-corrected chi connectivity index (χ2v) is 7.63. The summed E-state index contributed by atoms with van der Waals surface area (Å²) in [6.45, 7) is 0. The van der Waals surface area contributed by atoms with Gasteiger partial charge in [0.2, 0.25) is 0 Å². The van der Waals surface area contributed by atoms with Crippen molar-refractivity contribution in [2.45, 2.75) is 0 Å². The van der Waals surface area contributed by atoms with E-state index in [1.165, 1.54) is 0 Å². The Morgan fingerprint density at radius 2 is 1.79 bits per heavy atom. The SMILES string of the molecule is COc1cc(Nc2ccnc3cc(C#Cc4ccncc4)sc23)c(Cl)cc1Cl. The van der Waals surface area contributed by atoms with Gasteiger partial charge in [0.1, 0.15) is 5.75 Å². The predicted molar refractivity (Wildman–Crippen MR) is 116 cm³/mol. The van der Waals surface area contributed by atoms with E-state index < -0.39 is 0 Å². The van der Waals surface area contributed by atoms with Crippen molar-refractivity contribution in [2.75, 3.05) is 12.4 Å². The third-order valence-electron chi connectivity index (χ3n) is 3.93. The second kappa shape index (κ2) is 8.07. The molecule has 4 nitrogen and oxygen atoms in total. The zero-order chi connectivity index (χ0) is 19.5. The topological polar surface area (TPSA) is 47.0 Å². The van der Waals surface area contributed by atoms with Crippen molar-refractivity contribution < 1.29 is 4.74 Å². The number of nitrogens with zero attached hydrogens (tertiary/aromatic N) is 2. The lowest BCUT2D eigenvalue weighted by Crippen LogP contribution is -1.94. The molecule has 7 heteroatoms. The lowest BCUT2D eigenvalue weighted by molar-refractivity contribution is 0.415. The van der Waals surface area contributed by atoms with Crippen LogP contribution in [0.15, 0.2) is 55.0 Å². The largest absolute Gasteiger partial charge is 0.495 e. The van der Waals surface area contributed by atoms with Gasteiger partial charge in [-0.25, -0.2) is 0 Å². The maximum atomic E-state index is 6.34. The zero-order valence-electron chi connectivity index (χ0n) is 14.7. The van der Waals surface area contributed by atoms with Crippen LogP contribution in [0.25, 0.3) is 10.2 Å². The molecule has 28 heavy (non-hydrogen) atoms. The molecule has 0 amide bonds. The van der Waals surface area contributed by atoms with Crippen LogP contribution in [-0.2, 0) is 0 Å². The van der Waals surface area contributed by atoms with Crippen LogP contribution in [0.2, 0.25) is 10.0 Å². The molecule has 3 aromatic heterocycles. The molecule has 3 heterocycles. The van der Waals surface area contributed by atoms with Gasteiger partial charge < -0.3 is 10.1 Å². The molecule has 0 spiro atoms. The molecule has 4 rings (SSSR count). The third kappa shape index (κ3) is 3.90. The molecule has 0 atom stereocenters. The van der Waals surface area contributed by atoms with Crippen molar-refractivity contribution in [3.8, 4) is 17.6 Å². The van der Waals surface area contributed by atoms with Crippen LogP contribution in [0.4, 0.5) is 11.4 Å². The van der Waals surface area contributed by atoms with Gasteiger partial charge in [-0.05, 0) is 30.3 Å². The summed E-state index contributed by atoms with van der Waals surface area (Å²) >= 11 is 14.0. The summed E-state index contributed by atoms with van der Waals surface area (Å²) in [6.07, 6.45) is 5.20. The van der Waals surface area contributed by atoms with Gasteiger partial charge in [-0.15, -0.1) is 11.3 Å². The van der Waals surface area contributed by atoms with Gasteiger partial charge in [0.05, 0.1) is 43.6 Å². The Labute approximate surface area is 176 Å². The summed E-state index contributed by atoms with van der Waals surface area (Å²) in [5.74, 6) is 6.88. The monoisotopic (exact) mass is 425 g/mol. The first-order valence-corrected chi connectivity index (χ1v) is 9.82. The summed E-state index contributed by atoms with van der Waals surface area (Å²) in [6, 6.07) is 11.1. The van der Waals surface area contributed by atoms with Crippen LogP contribution in [0.3, 0.4) is 0 Å². The minimum absolute atomic E-state index is 0.461. The van der Waals surface area contributed by atoms with E-state index in [1.807, 2.05) is 24.3 Å². The number of benzene rings is 1. The maximum Gasteiger partial charge on any atom is 0.139 e. The molecule has 0 fully saturated rings. The molecule has 138 valence electrons. The van der Waals surface area contributed by atoms with Crippen molar-refractivity contribution in [3.63, 3.8) is 0 Å². The van der Waals surface area contributed by atoms with Gasteiger partial charge in [0.15, 0.2) is 0 Å². The number of thiophene rings is 1. The third-order valence-corrected chi connectivity index (χ3v) is 5.61. The normalized spacial score (nSPS) is 10.4. The Morgan fingerprint density at radius 3 is 2.57 bits per heavy atom. The minimum atomic E-state index is 0.461. The molecule has 0 unspecified atom stereocenters. The Kier molecular flexibility index (Phi) is 5.36. The Hall–Kier alpha value is -2.78. The van der Waals surface area contributed by atoms with Gasteiger partial charge in [0.25, 0.3) is 0 Å². The van der Waals surface area contributed by atoms with Crippen LogP contribution >= 0.6 is 34.5 Å². The first-order valence-electron chi connectivity index (χ1n) is 8.24. The van der Waals surface area contributed by atoms with Crippen molar-refractivity contribution in [1.82, 2.24) is 9.97 Å². The first kappa shape index (κ1) is 18.6. The van der Waals surface area contributed by atoms with Crippen LogP contribution in [0.5, 0.6) is 5.75 Å². The number of fused-ring (bicyclic) bond motifs is 1. The number of ether oxygens (including phenoxy) is 1. The fourth-order valence-corrected chi connectivity index (χ4v) is 4.04. The van der Waals surface area contributed by atoms with Crippen molar-refractivity contribution in [2.24, 2.45) is 0 Å². The summed E-state index contributed by atoms with van der Waals surface area (Å²) in [7, 11) is 1.57. The van der Waals surface area contributed by atoms with Crippen LogP contribution in [0.1, 0.15) is 10.4 Å². The van der Waals surface area contributed by atoms with Crippen LogP contribution in [0, 0.1) is 11.8 Å². The van der Waals surface area contributed by atoms with Gasteiger partial charge in [-0.1, -0.05) is 35.0 Å². The van der Waals surface area contributed by atoms with Crippen molar-refractivity contribution in [3.05, 3.63) is 75.5 Å². The highest BCUT2D eigenvalue weighted by Gasteiger charge is 2.11. The predicted octanol–water partition coefficient (Wildman–Crippen LogP) is 6.15. The Morgan fingerprint density at radius 1 is 0.964 bits per heavy atom. The van der Waals surface area contributed by atoms with Gasteiger partial charge in [-0.2, -0.15) is 0 Å². The highest BCUT2D eigenvalue weighted by Crippen LogP contribution is 2.38. The van der Waals surface area contributed by atoms with E-state index in [9.17, 15) is 0 Å². The van der Waals surface area contributed by atoms with Gasteiger partial charge >= 0.3 is 0 Å². The molecule has 0 saturated carbocycles. The molecule has 0 bridgehead atoms. The first-order chi connectivity index (χ1) is 13.6. The maximum absolute atomic E-state index is 6.34. The van der Waals surface area contributed by atoms with E-state index in [0.717, 1.165) is 26.3 Å². The molecule has 1 aromatic carbocycles. The summed E-state index contributed by atoms with van der Waals surface area (Å²) in [5.41, 5.74) is 3.37.